The zero-order chi connectivity index (χ0) is 11.2. The molecule has 1 heterocycles. The van der Waals surface area contributed by atoms with Crippen molar-refractivity contribution in [2.24, 2.45) is 0 Å². The van der Waals surface area contributed by atoms with Crippen molar-refractivity contribution in [3.05, 3.63) is 46.4 Å². The van der Waals surface area contributed by atoms with Crippen LogP contribution in [-0.4, -0.2) is 4.98 Å². The highest BCUT2D eigenvalue weighted by molar-refractivity contribution is 7.09. The van der Waals surface area contributed by atoms with Crippen LogP contribution in [0.25, 0.3) is 0 Å². The topological polar surface area (TPSA) is 45.9 Å². The lowest BCUT2D eigenvalue weighted by molar-refractivity contribution is 0.309. The summed E-state index contributed by atoms with van der Waals surface area (Å²) in [5, 5.41) is 8.53. The van der Waals surface area contributed by atoms with Crippen molar-refractivity contribution in [1.82, 2.24) is 4.98 Å². The molecule has 0 amide bonds. The minimum atomic E-state index is 0.440. The molecule has 0 saturated carbocycles. The summed E-state index contributed by atoms with van der Waals surface area (Å²) in [7, 11) is 0. The average molecular weight is 230 g/mol. The molecule has 0 spiro atoms. The monoisotopic (exact) mass is 230 g/mol. The minimum absolute atomic E-state index is 0.440. The van der Waals surface area contributed by atoms with Gasteiger partial charge in [-0.3, -0.25) is 4.98 Å². The fraction of sp³-hybridized carbons (Fsp3) is 0.167. The first kappa shape index (κ1) is 10.7. The fourth-order valence-electron chi connectivity index (χ4n) is 1.26. The maximum absolute atomic E-state index is 8.53. The Hall–Kier alpha value is -1.86. The molecule has 0 N–H and O–H groups in total. The number of benzene rings is 1. The number of thiazole rings is 1. The second-order valence-electron chi connectivity index (χ2n) is 3.24. The van der Waals surface area contributed by atoms with E-state index in [1.165, 1.54) is 0 Å². The van der Waals surface area contributed by atoms with Gasteiger partial charge in [-0.05, 0) is 17.7 Å². The Kier molecular flexibility index (Phi) is 3.52. The Balaban J connectivity index is 1.93. The van der Waals surface area contributed by atoms with Gasteiger partial charge in [0.1, 0.15) is 12.4 Å². The van der Waals surface area contributed by atoms with Gasteiger partial charge < -0.3 is 4.74 Å². The first-order valence-electron chi connectivity index (χ1n) is 4.84. The second kappa shape index (κ2) is 5.29. The third-order valence-electron chi connectivity index (χ3n) is 2.07. The number of aromatic nitrogens is 1. The van der Waals surface area contributed by atoms with Crippen LogP contribution >= 0.6 is 11.3 Å². The summed E-state index contributed by atoms with van der Waals surface area (Å²) < 4.78 is 5.57. The summed E-state index contributed by atoms with van der Waals surface area (Å²) in [6, 6.07) is 9.69. The molecule has 1 aromatic heterocycles. The molecule has 0 atom stereocenters. The molecular formula is C12H10N2OS. The lowest BCUT2D eigenvalue weighted by atomic mass is 10.2. The predicted octanol–water partition coefficient (Wildman–Crippen LogP) is 2.79. The van der Waals surface area contributed by atoms with E-state index < -0.39 is 0 Å². The van der Waals surface area contributed by atoms with Crippen molar-refractivity contribution in [3.63, 3.8) is 0 Å². The SMILES string of the molecule is N#CCc1ccc(OCc2cncs2)cc1. The molecule has 3 nitrogen and oxygen atoms in total. The van der Waals surface area contributed by atoms with Gasteiger partial charge in [0.05, 0.1) is 22.9 Å². The molecule has 1 aromatic carbocycles. The molecule has 0 aliphatic rings. The van der Waals surface area contributed by atoms with E-state index in [2.05, 4.69) is 11.1 Å². The van der Waals surface area contributed by atoms with Gasteiger partial charge in [-0.15, -0.1) is 11.3 Å². The molecule has 4 heteroatoms. The third kappa shape index (κ3) is 2.81. The highest BCUT2D eigenvalue weighted by Crippen LogP contribution is 2.15. The highest BCUT2D eigenvalue weighted by Gasteiger charge is 1.97. The highest BCUT2D eigenvalue weighted by atomic mass is 32.1. The van der Waals surface area contributed by atoms with Crippen molar-refractivity contribution in [1.29, 1.82) is 5.26 Å². The van der Waals surface area contributed by atoms with Crippen molar-refractivity contribution < 1.29 is 4.74 Å². The van der Waals surface area contributed by atoms with Gasteiger partial charge in [0.2, 0.25) is 0 Å². The van der Waals surface area contributed by atoms with Crippen LogP contribution in [0.2, 0.25) is 0 Å². The lowest BCUT2D eigenvalue weighted by Gasteiger charge is -2.04. The van der Waals surface area contributed by atoms with Crippen molar-refractivity contribution >= 4 is 11.3 Å². The van der Waals surface area contributed by atoms with Gasteiger partial charge in [0, 0.05) is 6.20 Å². The Morgan fingerprint density at radius 3 is 2.75 bits per heavy atom. The summed E-state index contributed by atoms with van der Waals surface area (Å²) in [5.41, 5.74) is 2.79. The van der Waals surface area contributed by atoms with E-state index in [9.17, 15) is 0 Å². The van der Waals surface area contributed by atoms with Crippen LogP contribution in [0.1, 0.15) is 10.4 Å². The van der Waals surface area contributed by atoms with Crippen LogP contribution in [0, 0.1) is 11.3 Å². The molecular weight excluding hydrogens is 220 g/mol. The number of hydrogen-bond donors (Lipinski definition) is 0. The van der Waals surface area contributed by atoms with Gasteiger partial charge in [-0.1, -0.05) is 12.1 Å². The van der Waals surface area contributed by atoms with Crippen LogP contribution in [0.5, 0.6) is 5.75 Å². The van der Waals surface area contributed by atoms with E-state index in [-0.39, 0.29) is 0 Å². The normalized spacial score (nSPS) is 9.69. The largest absolute Gasteiger partial charge is 0.488 e. The van der Waals surface area contributed by atoms with Crippen LogP contribution in [0.15, 0.2) is 36.0 Å². The second-order valence-corrected chi connectivity index (χ2v) is 4.21. The zero-order valence-corrected chi connectivity index (χ0v) is 9.41. The lowest BCUT2D eigenvalue weighted by Crippen LogP contribution is -1.93. The van der Waals surface area contributed by atoms with Gasteiger partial charge in [-0.2, -0.15) is 5.26 Å². The van der Waals surface area contributed by atoms with Crippen LogP contribution < -0.4 is 4.74 Å². The van der Waals surface area contributed by atoms with E-state index in [1.807, 2.05) is 24.3 Å². The van der Waals surface area contributed by atoms with E-state index in [0.29, 0.717) is 13.0 Å². The van der Waals surface area contributed by atoms with Crippen LogP contribution in [0.4, 0.5) is 0 Å². The van der Waals surface area contributed by atoms with Crippen LogP contribution in [-0.2, 0) is 13.0 Å². The summed E-state index contributed by atoms with van der Waals surface area (Å²) in [6.07, 6.45) is 2.24. The van der Waals surface area contributed by atoms with E-state index in [1.54, 1.807) is 23.0 Å². The first-order valence-corrected chi connectivity index (χ1v) is 5.72. The quantitative estimate of drug-likeness (QED) is 0.811. The summed E-state index contributed by atoms with van der Waals surface area (Å²) in [4.78, 5) is 5.07. The summed E-state index contributed by atoms with van der Waals surface area (Å²) in [5.74, 6) is 0.815. The smallest absolute Gasteiger partial charge is 0.124 e. The maximum Gasteiger partial charge on any atom is 0.124 e. The molecule has 2 aromatic rings. The number of nitriles is 1. The minimum Gasteiger partial charge on any atom is -0.488 e. The zero-order valence-electron chi connectivity index (χ0n) is 8.59. The number of ether oxygens (including phenoxy) is 1. The first-order chi connectivity index (χ1) is 7.88. The Morgan fingerprint density at radius 1 is 1.31 bits per heavy atom. The van der Waals surface area contributed by atoms with Gasteiger partial charge >= 0.3 is 0 Å². The van der Waals surface area contributed by atoms with Gasteiger partial charge in [0.15, 0.2) is 0 Å². The fourth-order valence-corrected chi connectivity index (χ4v) is 1.77. The standard InChI is InChI=1S/C12H10N2OS/c13-6-5-10-1-3-11(4-2-10)15-8-12-7-14-9-16-12/h1-4,7,9H,5,8H2. The Bertz CT molecular complexity index is 471. The van der Waals surface area contributed by atoms with Crippen molar-refractivity contribution in [2.45, 2.75) is 13.0 Å². The molecule has 0 aliphatic heterocycles. The summed E-state index contributed by atoms with van der Waals surface area (Å²) >= 11 is 1.57. The number of hydrogen-bond acceptors (Lipinski definition) is 4. The van der Waals surface area contributed by atoms with E-state index in [0.717, 1.165) is 16.2 Å². The molecule has 2 rings (SSSR count). The van der Waals surface area contributed by atoms with E-state index >= 15 is 0 Å². The molecule has 0 bridgehead atoms. The van der Waals surface area contributed by atoms with E-state index in [4.69, 9.17) is 10.00 Å². The predicted molar refractivity (Wildman–Crippen MR) is 62.2 cm³/mol. The molecule has 0 aliphatic carbocycles. The van der Waals surface area contributed by atoms with Gasteiger partial charge in [-0.25, -0.2) is 0 Å². The molecule has 0 fully saturated rings. The summed E-state index contributed by atoms with van der Waals surface area (Å²) in [6.45, 7) is 0.544. The van der Waals surface area contributed by atoms with Crippen molar-refractivity contribution in [3.8, 4) is 11.8 Å². The molecule has 0 saturated heterocycles. The molecule has 16 heavy (non-hydrogen) atoms. The third-order valence-corrected chi connectivity index (χ3v) is 2.82. The molecule has 80 valence electrons. The number of nitrogens with zero attached hydrogens (tertiary/aromatic N) is 2. The Labute approximate surface area is 97.9 Å². The maximum atomic E-state index is 8.53. The van der Waals surface area contributed by atoms with Gasteiger partial charge in [0.25, 0.3) is 0 Å². The molecule has 0 radical (unpaired) electrons. The van der Waals surface area contributed by atoms with Crippen molar-refractivity contribution in [2.75, 3.05) is 0 Å². The Morgan fingerprint density at radius 2 is 2.12 bits per heavy atom. The number of rotatable bonds is 4. The van der Waals surface area contributed by atoms with Crippen LogP contribution in [0.3, 0.4) is 0 Å². The molecule has 0 unspecified atom stereocenters. The average Bonchev–Trinajstić information content (AvgIpc) is 2.82.